The lowest BCUT2D eigenvalue weighted by Crippen LogP contribution is -2.24. The minimum atomic E-state index is -0.825. The highest BCUT2D eigenvalue weighted by molar-refractivity contribution is 9.10. The number of hydrogen-bond donors (Lipinski definition) is 0. The maximum absolute atomic E-state index is 11.1. The van der Waals surface area contributed by atoms with Gasteiger partial charge in [0.2, 0.25) is 0 Å². The summed E-state index contributed by atoms with van der Waals surface area (Å²) in [5.74, 6) is -0.323. The number of nitro groups is 1. The van der Waals surface area contributed by atoms with Gasteiger partial charge in [-0.2, -0.15) is 0 Å². The van der Waals surface area contributed by atoms with Crippen molar-refractivity contribution in [2.45, 2.75) is 13.0 Å². The molecule has 0 amide bonds. The summed E-state index contributed by atoms with van der Waals surface area (Å²) in [4.78, 5) is 21.2. The van der Waals surface area contributed by atoms with Crippen molar-refractivity contribution < 1.29 is 19.2 Å². The van der Waals surface area contributed by atoms with E-state index in [1.807, 2.05) is 0 Å². The number of rotatable bonds is 4. The maximum atomic E-state index is 11.1. The van der Waals surface area contributed by atoms with Crippen LogP contribution in [0, 0.1) is 10.1 Å². The quantitative estimate of drug-likeness (QED) is 0.484. The van der Waals surface area contributed by atoms with Crippen LogP contribution in [0.3, 0.4) is 0 Å². The number of nitro benzene ring substituents is 1. The van der Waals surface area contributed by atoms with Crippen LogP contribution in [0.15, 0.2) is 22.7 Å². The van der Waals surface area contributed by atoms with E-state index in [1.54, 1.807) is 0 Å². The van der Waals surface area contributed by atoms with Gasteiger partial charge in [-0.15, -0.1) is 0 Å². The molecule has 0 aliphatic heterocycles. The Morgan fingerprint density at radius 1 is 1.47 bits per heavy atom. The minimum Gasteiger partial charge on any atom is -0.479 e. The van der Waals surface area contributed by atoms with Gasteiger partial charge in [0.1, 0.15) is 5.75 Å². The molecule has 0 aliphatic rings. The summed E-state index contributed by atoms with van der Waals surface area (Å²) >= 11 is 3.12. The number of esters is 1. The van der Waals surface area contributed by atoms with Gasteiger partial charge >= 0.3 is 5.97 Å². The first-order valence-electron chi connectivity index (χ1n) is 4.63. The molecular formula is C10H10BrNO5. The van der Waals surface area contributed by atoms with Crippen molar-refractivity contribution >= 4 is 27.6 Å². The van der Waals surface area contributed by atoms with Crippen LogP contribution < -0.4 is 4.74 Å². The molecule has 0 radical (unpaired) electrons. The second-order valence-corrected chi connectivity index (χ2v) is 4.10. The lowest BCUT2D eigenvalue weighted by Gasteiger charge is -2.12. The summed E-state index contributed by atoms with van der Waals surface area (Å²) in [6, 6.07) is 4.12. The lowest BCUT2D eigenvalue weighted by atomic mass is 10.3. The zero-order valence-electron chi connectivity index (χ0n) is 9.18. The third kappa shape index (κ3) is 3.70. The number of hydrogen-bond acceptors (Lipinski definition) is 5. The second kappa shape index (κ2) is 5.62. The zero-order chi connectivity index (χ0) is 13.0. The molecule has 0 fully saturated rings. The van der Waals surface area contributed by atoms with Gasteiger partial charge in [-0.05, 0) is 13.0 Å². The number of non-ortho nitro benzene ring substituents is 1. The van der Waals surface area contributed by atoms with Crippen LogP contribution >= 0.6 is 15.9 Å². The van der Waals surface area contributed by atoms with E-state index in [1.165, 1.54) is 32.2 Å². The first kappa shape index (κ1) is 13.4. The average Bonchev–Trinajstić information content (AvgIpc) is 2.26. The van der Waals surface area contributed by atoms with Gasteiger partial charge in [0.05, 0.1) is 18.1 Å². The van der Waals surface area contributed by atoms with Gasteiger partial charge in [0.25, 0.3) is 5.69 Å². The standard InChI is InChI=1S/C10H10BrNO5/c1-6(10(13)16-2)17-9-4-7(11)3-8(5-9)12(14)15/h3-6H,1-2H3/t6-/m0/s1. The van der Waals surface area contributed by atoms with E-state index in [0.717, 1.165) is 0 Å². The fourth-order valence-electron chi connectivity index (χ4n) is 1.14. The van der Waals surface area contributed by atoms with Crippen LogP contribution in [0.2, 0.25) is 0 Å². The van der Waals surface area contributed by atoms with E-state index in [4.69, 9.17) is 4.74 Å². The van der Waals surface area contributed by atoms with Crippen LogP contribution in [0.4, 0.5) is 5.69 Å². The van der Waals surface area contributed by atoms with E-state index < -0.39 is 17.0 Å². The maximum Gasteiger partial charge on any atom is 0.346 e. The monoisotopic (exact) mass is 303 g/mol. The Morgan fingerprint density at radius 2 is 2.12 bits per heavy atom. The first-order valence-corrected chi connectivity index (χ1v) is 5.43. The average molecular weight is 304 g/mol. The zero-order valence-corrected chi connectivity index (χ0v) is 10.8. The third-order valence-corrected chi connectivity index (χ3v) is 2.37. The third-order valence-electron chi connectivity index (χ3n) is 1.91. The number of nitrogens with zero attached hydrogens (tertiary/aromatic N) is 1. The molecule has 17 heavy (non-hydrogen) atoms. The van der Waals surface area contributed by atoms with Crippen LogP contribution in [0.5, 0.6) is 5.75 Å². The minimum absolute atomic E-state index is 0.119. The van der Waals surface area contributed by atoms with Gasteiger partial charge in [-0.25, -0.2) is 4.79 Å². The van der Waals surface area contributed by atoms with Gasteiger partial charge in [-0.1, -0.05) is 15.9 Å². The fraction of sp³-hybridized carbons (Fsp3) is 0.300. The predicted octanol–water partition coefficient (Wildman–Crippen LogP) is 2.30. The van der Waals surface area contributed by atoms with Crippen molar-refractivity contribution in [3.8, 4) is 5.75 Å². The van der Waals surface area contributed by atoms with Crippen molar-refractivity contribution in [3.05, 3.63) is 32.8 Å². The highest BCUT2D eigenvalue weighted by Crippen LogP contribution is 2.26. The smallest absolute Gasteiger partial charge is 0.346 e. The highest BCUT2D eigenvalue weighted by Gasteiger charge is 2.17. The highest BCUT2D eigenvalue weighted by atomic mass is 79.9. The van der Waals surface area contributed by atoms with E-state index >= 15 is 0 Å². The van der Waals surface area contributed by atoms with Gasteiger partial charge in [0.15, 0.2) is 6.10 Å². The normalized spacial score (nSPS) is 11.7. The summed E-state index contributed by atoms with van der Waals surface area (Å²) in [6.07, 6.45) is -0.825. The fourth-order valence-corrected chi connectivity index (χ4v) is 1.60. The summed E-state index contributed by atoms with van der Waals surface area (Å²) in [6.45, 7) is 1.50. The van der Waals surface area contributed by atoms with E-state index in [9.17, 15) is 14.9 Å². The molecule has 0 bridgehead atoms. The molecule has 6 nitrogen and oxygen atoms in total. The van der Waals surface area contributed by atoms with Crippen molar-refractivity contribution in [2.24, 2.45) is 0 Å². The molecule has 0 saturated heterocycles. The van der Waals surface area contributed by atoms with Crippen molar-refractivity contribution in [3.63, 3.8) is 0 Å². The molecule has 1 rings (SSSR count). The van der Waals surface area contributed by atoms with Gasteiger partial charge in [-0.3, -0.25) is 10.1 Å². The SMILES string of the molecule is COC(=O)[C@H](C)Oc1cc(Br)cc([N+](=O)[O-])c1. The summed E-state index contributed by atoms with van der Waals surface area (Å²) in [5.41, 5.74) is -0.119. The molecule has 92 valence electrons. The molecule has 0 aromatic heterocycles. The van der Waals surface area contributed by atoms with Crippen LogP contribution in [-0.4, -0.2) is 24.1 Å². The van der Waals surface area contributed by atoms with E-state index in [-0.39, 0.29) is 11.4 Å². The topological polar surface area (TPSA) is 78.7 Å². The molecular weight excluding hydrogens is 294 g/mol. The molecule has 0 heterocycles. The Kier molecular flexibility index (Phi) is 4.45. The molecule has 1 aromatic carbocycles. The van der Waals surface area contributed by atoms with E-state index in [2.05, 4.69) is 20.7 Å². The predicted molar refractivity (Wildman–Crippen MR) is 62.9 cm³/mol. The largest absolute Gasteiger partial charge is 0.479 e. The Morgan fingerprint density at radius 3 is 2.65 bits per heavy atom. The number of carbonyl (C=O) groups is 1. The lowest BCUT2D eigenvalue weighted by molar-refractivity contribution is -0.385. The Labute approximate surface area is 106 Å². The molecule has 0 aliphatic carbocycles. The number of halogens is 1. The van der Waals surface area contributed by atoms with Gasteiger partial charge in [0, 0.05) is 10.5 Å². The summed E-state index contributed by atoms with van der Waals surface area (Å²) in [7, 11) is 1.24. The first-order chi connectivity index (χ1) is 7.93. The van der Waals surface area contributed by atoms with Crippen molar-refractivity contribution in [2.75, 3.05) is 7.11 Å². The number of ether oxygens (including phenoxy) is 2. The number of carbonyl (C=O) groups excluding carboxylic acids is 1. The molecule has 0 N–H and O–H groups in total. The van der Waals surface area contributed by atoms with Crippen LogP contribution in [0.25, 0.3) is 0 Å². The van der Waals surface area contributed by atoms with E-state index in [0.29, 0.717) is 4.47 Å². The number of benzene rings is 1. The number of methoxy groups -OCH3 is 1. The van der Waals surface area contributed by atoms with Crippen LogP contribution in [0.1, 0.15) is 6.92 Å². The molecule has 1 atom stereocenters. The van der Waals surface area contributed by atoms with Gasteiger partial charge < -0.3 is 9.47 Å². The second-order valence-electron chi connectivity index (χ2n) is 3.19. The Bertz CT molecular complexity index is 448. The molecule has 7 heteroatoms. The summed E-state index contributed by atoms with van der Waals surface area (Å²) < 4.78 is 10.2. The Balaban J connectivity index is 2.91. The molecule has 1 aromatic rings. The Hall–Kier alpha value is -1.63. The van der Waals surface area contributed by atoms with Crippen LogP contribution in [-0.2, 0) is 9.53 Å². The van der Waals surface area contributed by atoms with Crippen molar-refractivity contribution in [1.29, 1.82) is 0 Å². The molecule has 0 unspecified atom stereocenters. The molecule has 0 spiro atoms. The molecule has 0 saturated carbocycles. The van der Waals surface area contributed by atoms with Crippen molar-refractivity contribution in [1.82, 2.24) is 0 Å². The summed E-state index contributed by atoms with van der Waals surface area (Å²) in [5, 5.41) is 10.6.